The van der Waals surface area contributed by atoms with Gasteiger partial charge >= 0.3 is 0 Å². The summed E-state index contributed by atoms with van der Waals surface area (Å²) in [6, 6.07) is 0. The second kappa shape index (κ2) is 7.88. The molecule has 0 radical (unpaired) electrons. The third-order valence-corrected chi connectivity index (χ3v) is 10.8. The molecule has 0 aliphatic heterocycles. The fourth-order valence-electron chi connectivity index (χ4n) is 9.23. The van der Waals surface area contributed by atoms with E-state index in [1.807, 2.05) is 0 Å². The molecule has 0 unspecified atom stereocenters. The molecule has 4 rings (SSSR count). The molecule has 0 nitrogen and oxygen atoms in total. The van der Waals surface area contributed by atoms with Crippen molar-refractivity contribution in [3.63, 3.8) is 0 Å². The van der Waals surface area contributed by atoms with Gasteiger partial charge in [-0.3, -0.25) is 0 Å². The summed E-state index contributed by atoms with van der Waals surface area (Å²) in [5.41, 5.74) is 1.05. The normalized spacial score (nSPS) is 49.4. The highest BCUT2D eigenvalue weighted by molar-refractivity contribution is 5.09. The average Bonchev–Trinajstić information content (AvgIpc) is 2.99. The van der Waals surface area contributed by atoms with E-state index in [1.54, 1.807) is 0 Å². The highest BCUT2D eigenvalue weighted by Crippen LogP contribution is 2.68. The summed E-state index contributed by atoms with van der Waals surface area (Å²) in [6.07, 6.45) is 15.2. The molecule has 9 atom stereocenters. The van der Waals surface area contributed by atoms with Gasteiger partial charge in [0.05, 0.1) is 0 Å². The summed E-state index contributed by atoms with van der Waals surface area (Å²) >= 11 is 0. The topological polar surface area (TPSA) is 0 Å². The molecule has 4 aliphatic rings. The van der Waals surface area contributed by atoms with Crippen LogP contribution in [0.25, 0.3) is 0 Å². The molecule has 4 aliphatic carbocycles. The van der Waals surface area contributed by atoms with Crippen molar-refractivity contribution in [3.05, 3.63) is 0 Å². The summed E-state index contributed by atoms with van der Waals surface area (Å²) < 4.78 is 14.1. The summed E-state index contributed by atoms with van der Waals surface area (Å²) in [6.45, 7) is 12.6. The molecule has 0 aromatic rings. The fourth-order valence-corrected chi connectivity index (χ4v) is 9.23. The first kappa shape index (κ1) is 21.2. The molecule has 0 spiro atoms. The van der Waals surface area contributed by atoms with Gasteiger partial charge in [0.1, 0.15) is 6.17 Å². The van der Waals surface area contributed by atoms with Gasteiger partial charge in [0, 0.05) is 0 Å². The van der Waals surface area contributed by atoms with E-state index in [-0.39, 0.29) is 0 Å². The van der Waals surface area contributed by atoms with Gasteiger partial charge in [-0.1, -0.05) is 53.9 Å². The highest BCUT2D eigenvalue weighted by Gasteiger charge is 2.60. The Bertz CT molecular complexity index is 540. The number of fused-ring (bicyclic) bond motifs is 5. The predicted octanol–water partition coefficient (Wildman–Crippen LogP) is 8.45. The van der Waals surface area contributed by atoms with Gasteiger partial charge in [0.15, 0.2) is 0 Å². The summed E-state index contributed by atoms with van der Waals surface area (Å²) in [5, 5.41) is 0. The van der Waals surface area contributed by atoms with Gasteiger partial charge in [-0.05, 0) is 110 Å². The number of halogens is 1. The van der Waals surface area contributed by atoms with Crippen molar-refractivity contribution in [2.24, 2.45) is 52.3 Å². The van der Waals surface area contributed by atoms with E-state index in [0.717, 1.165) is 48.3 Å². The molecule has 28 heavy (non-hydrogen) atoms. The SMILES string of the molecule is CC(C)CCC[C@@H](C)[C@@H]1CC[C@H]2[C@@H]3CC[C@H]4C[C@H](F)CC[C@]4(C)[C@@H]3CC[C@@]21C. The van der Waals surface area contributed by atoms with Crippen molar-refractivity contribution in [2.45, 2.75) is 118 Å². The second-order valence-electron chi connectivity index (χ2n) is 12.6. The Kier molecular flexibility index (Phi) is 5.96. The third kappa shape index (κ3) is 3.49. The van der Waals surface area contributed by atoms with Crippen LogP contribution in [0.15, 0.2) is 0 Å². The summed E-state index contributed by atoms with van der Waals surface area (Å²) in [5.74, 6) is 6.19. The van der Waals surface area contributed by atoms with E-state index in [0.29, 0.717) is 16.7 Å². The van der Waals surface area contributed by atoms with Crippen LogP contribution >= 0.6 is 0 Å². The Morgan fingerprint density at radius 3 is 2.29 bits per heavy atom. The van der Waals surface area contributed by atoms with Crippen LogP contribution in [0.1, 0.15) is 112 Å². The van der Waals surface area contributed by atoms with Gasteiger partial charge in [0.2, 0.25) is 0 Å². The van der Waals surface area contributed by atoms with E-state index in [4.69, 9.17) is 0 Å². The standard InChI is InChI=1S/C27H47F/c1-18(2)7-6-8-19(3)23-11-12-24-22-10-9-20-17-21(28)13-15-26(20,4)25(22)14-16-27(23,24)5/h18-25H,6-17H2,1-5H3/t19-,20+,21-,22+,23+,24+,25-,26+,27-/m1/s1. The van der Waals surface area contributed by atoms with Crippen molar-refractivity contribution >= 4 is 0 Å². The van der Waals surface area contributed by atoms with E-state index in [1.165, 1.54) is 64.2 Å². The Labute approximate surface area is 174 Å². The van der Waals surface area contributed by atoms with Crippen LogP contribution in [-0.2, 0) is 0 Å². The number of rotatable bonds is 5. The largest absolute Gasteiger partial charge is 0.247 e. The fraction of sp³-hybridized carbons (Fsp3) is 1.00. The lowest BCUT2D eigenvalue weighted by atomic mass is 9.44. The molecule has 4 fully saturated rings. The Balaban J connectivity index is 1.46. The third-order valence-electron chi connectivity index (χ3n) is 10.8. The molecule has 1 heteroatoms. The lowest BCUT2D eigenvalue weighted by Crippen LogP contribution is -2.53. The van der Waals surface area contributed by atoms with Crippen LogP contribution in [0.3, 0.4) is 0 Å². The van der Waals surface area contributed by atoms with Crippen LogP contribution in [0.5, 0.6) is 0 Å². The van der Waals surface area contributed by atoms with Gasteiger partial charge in [0.25, 0.3) is 0 Å². The van der Waals surface area contributed by atoms with Gasteiger partial charge in [-0.15, -0.1) is 0 Å². The van der Waals surface area contributed by atoms with Gasteiger partial charge < -0.3 is 0 Å². The monoisotopic (exact) mass is 390 g/mol. The first-order valence-electron chi connectivity index (χ1n) is 12.9. The second-order valence-corrected chi connectivity index (χ2v) is 12.6. The van der Waals surface area contributed by atoms with Crippen LogP contribution in [0, 0.1) is 52.3 Å². The molecule has 4 saturated carbocycles. The minimum Gasteiger partial charge on any atom is -0.247 e. The summed E-state index contributed by atoms with van der Waals surface area (Å²) in [4.78, 5) is 0. The van der Waals surface area contributed by atoms with E-state index >= 15 is 0 Å². The minimum absolute atomic E-state index is 0.452. The van der Waals surface area contributed by atoms with Crippen LogP contribution < -0.4 is 0 Å². The molecule has 0 heterocycles. The molecule has 0 amide bonds. The zero-order chi connectivity index (χ0) is 20.1. The first-order valence-corrected chi connectivity index (χ1v) is 12.9. The Morgan fingerprint density at radius 2 is 1.54 bits per heavy atom. The number of hydrogen-bond donors (Lipinski definition) is 0. The zero-order valence-corrected chi connectivity index (χ0v) is 19.5. The van der Waals surface area contributed by atoms with Crippen molar-refractivity contribution in [1.82, 2.24) is 0 Å². The summed E-state index contributed by atoms with van der Waals surface area (Å²) in [7, 11) is 0. The molecular weight excluding hydrogens is 343 g/mol. The smallest absolute Gasteiger partial charge is 0.100 e. The molecule has 0 N–H and O–H groups in total. The minimum atomic E-state index is -0.508. The lowest BCUT2D eigenvalue weighted by Gasteiger charge is -2.61. The first-order chi connectivity index (χ1) is 13.3. The number of hydrogen-bond acceptors (Lipinski definition) is 0. The lowest BCUT2D eigenvalue weighted by molar-refractivity contribution is -0.122. The Morgan fingerprint density at radius 1 is 0.821 bits per heavy atom. The maximum absolute atomic E-state index is 14.1. The van der Waals surface area contributed by atoms with Crippen molar-refractivity contribution in [1.29, 1.82) is 0 Å². The quantitative estimate of drug-likeness (QED) is 0.441. The molecule has 0 aromatic heterocycles. The van der Waals surface area contributed by atoms with Crippen molar-refractivity contribution < 1.29 is 4.39 Å². The number of alkyl halides is 1. The van der Waals surface area contributed by atoms with E-state index in [2.05, 4.69) is 34.6 Å². The maximum atomic E-state index is 14.1. The van der Waals surface area contributed by atoms with Crippen LogP contribution in [0.2, 0.25) is 0 Å². The Hall–Kier alpha value is -0.0700. The zero-order valence-electron chi connectivity index (χ0n) is 19.5. The molecular formula is C27H47F. The highest BCUT2D eigenvalue weighted by atomic mass is 19.1. The molecule has 0 aromatic carbocycles. The van der Waals surface area contributed by atoms with Crippen LogP contribution in [0.4, 0.5) is 4.39 Å². The molecule has 0 saturated heterocycles. The van der Waals surface area contributed by atoms with Crippen LogP contribution in [-0.4, -0.2) is 6.17 Å². The molecule has 162 valence electrons. The van der Waals surface area contributed by atoms with E-state index < -0.39 is 6.17 Å². The van der Waals surface area contributed by atoms with Crippen molar-refractivity contribution in [2.75, 3.05) is 0 Å². The average molecular weight is 391 g/mol. The van der Waals surface area contributed by atoms with Gasteiger partial charge in [-0.2, -0.15) is 0 Å². The predicted molar refractivity (Wildman–Crippen MR) is 118 cm³/mol. The maximum Gasteiger partial charge on any atom is 0.100 e. The van der Waals surface area contributed by atoms with Gasteiger partial charge in [-0.25, -0.2) is 4.39 Å². The van der Waals surface area contributed by atoms with Crippen molar-refractivity contribution in [3.8, 4) is 0 Å². The van der Waals surface area contributed by atoms with E-state index in [9.17, 15) is 4.39 Å². The molecule has 0 bridgehead atoms.